The number of furan rings is 1. The minimum atomic E-state index is 0.603. The molecule has 0 N–H and O–H groups in total. The largest absolute Gasteiger partial charge is 0.454 e. The molecule has 0 fully saturated rings. The number of para-hydroxylation sites is 4. The zero-order valence-corrected chi connectivity index (χ0v) is 25.2. The molecule has 4 heteroatoms. The fourth-order valence-corrected chi connectivity index (χ4v) is 7.47. The summed E-state index contributed by atoms with van der Waals surface area (Å²) in [6, 6.07) is 55.3. The Labute approximate surface area is 269 Å². The Morgan fingerprint density at radius 1 is 0.447 bits per heavy atom. The van der Waals surface area contributed by atoms with E-state index in [1.54, 1.807) is 0 Å². The van der Waals surface area contributed by atoms with E-state index in [0.717, 1.165) is 66.2 Å². The predicted octanol–water partition coefficient (Wildman–Crippen LogP) is 11.3. The van der Waals surface area contributed by atoms with Crippen LogP contribution in [0, 0.1) is 11.3 Å². The van der Waals surface area contributed by atoms with E-state index in [9.17, 15) is 5.26 Å². The van der Waals surface area contributed by atoms with E-state index < -0.39 is 0 Å². The molecular weight excluding hydrogens is 574 g/mol. The second kappa shape index (κ2) is 9.71. The molecule has 218 valence electrons. The molecule has 0 aliphatic carbocycles. The molecule has 10 rings (SSSR count). The third-order valence-electron chi connectivity index (χ3n) is 9.52. The van der Waals surface area contributed by atoms with Crippen molar-refractivity contribution in [3.8, 4) is 28.6 Å². The van der Waals surface area contributed by atoms with Gasteiger partial charge in [-0.15, -0.1) is 0 Å². The van der Waals surface area contributed by atoms with Crippen LogP contribution < -0.4 is 0 Å². The minimum absolute atomic E-state index is 0.603. The Hall–Kier alpha value is -6.57. The molecule has 0 atom stereocenters. The van der Waals surface area contributed by atoms with Crippen LogP contribution in [0.2, 0.25) is 0 Å². The summed E-state index contributed by atoms with van der Waals surface area (Å²) in [6.45, 7) is 0. The normalized spacial score (nSPS) is 11.8. The van der Waals surface area contributed by atoms with Crippen molar-refractivity contribution in [2.75, 3.05) is 0 Å². The Balaban J connectivity index is 1.18. The summed E-state index contributed by atoms with van der Waals surface area (Å²) in [5.74, 6) is 0. The number of rotatable bonds is 3. The first-order valence-corrected chi connectivity index (χ1v) is 15.7. The highest BCUT2D eigenvalue weighted by Gasteiger charge is 2.20. The molecular formula is C43H25N3O. The number of nitrogens with zero attached hydrogens (tertiary/aromatic N) is 3. The second-order valence-electron chi connectivity index (χ2n) is 12.1. The number of fused-ring (bicyclic) bond motifs is 10. The Morgan fingerprint density at radius 2 is 1.02 bits per heavy atom. The summed E-state index contributed by atoms with van der Waals surface area (Å²) in [6.07, 6.45) is 0. The van der Waals surface area contributed by atoms with Gasteiger partial charge in [0.1, 0.15) is 5.58 Å². The molecule has 0 spiro atoms. The van der Waals surface area contributed by atoms with Crippen LogP contribution in [0.5, 0.6) is 0 Å². The van der Waals surface area contributed by atoms with E-state index >= 15 is 0 Å². The van der Waals surface area contributed by atoms with Crippen molar-refractivity contribution in [1.29, 1.82) is 5.26 Å². The maximum absolute atomic E-state index is 10.2. The summed E-state index contributed by atoms with van der Waals surface area (Å²) in [7, 11) is 0. The SMILES string of the molecule is N#Cc1cc(-c2ccc(-n3c4ccccc4c4ccccc43)cc2)cc(-n2c3ccccc3c3ccc4c5ccccc5oc4c32)c1. The van der Waals surface area contributed by atoms with Crippen LogP contribution in [0.1, 0.15) is 5.56 Å². The molecule has 0 saturated carbocycles. The molecule has 3 aromatic heterocycles. The van der Waals surface area contributed by atoms with Crippen LogP contribution in [-0.2, 0) is 0 Å². The average Bonchev–Trinajstić information content (AvgIpc) is 3.79. The van der Waals surface area contributed by atoms with Gasteiger partial charge in [-0.25, -0.2) is 0 Å². The van der Waals surface area contributed by atoms with Gasteiger partial charge >= 0.3 is 0 Å². The molecule has 0 aliphatic rings. The average molecular weight is 600 g/mol. The van der Waals surface area contributed by atoms with E-state index in [-0.39, 0.29) is 0 Å². The Bertz CT molecular complexity index is 2860. The predicted molar refractivity (Wildman–Crippen MR) is 193 cm³/mol. The third kappa shape index (κ3) is 3.69. The van der Waals surface area contributed by atoms with E-state index in [1.165, 1.54) is 21.8 Å². The van der Waals surface area contributed by atoms with Gasteiger partial charge in [-0.1, -0.05) is 91.0 Å². The van der Waals surface area contributed by atoms with Crippen molar-refractivity contribution in [3.63, 3.8) is 0 Å². The van der Waals surface area contributed by atoms with Gasteiger partial charge in [-0.3, -0.25) is 0 Å². The molecule has 10 aromatic rings. The van der Waals surface area contributed by atoms with Crippen molar-refractivity contribution < 1.29 is 4.42 Å². The lowest BCUT2D eigenvalue weighted by Crippen LogP contribution is -1.97. The first-order chi connectivity index (χ1) is 23.3. The summed E-state index contributed by atoms with van der Waals surface area (Å²) >= 11 is 0. The number of hydrogen-bond acceptors (Lipinski definition) is 2. The summed E-state index contributed by atoms with van der Waals surface area (Å²) in [5.41, 5.74) is 10.8. The van der Waals surface area contributed by atoms with Gasteiger partial charge in [0.15, 0.2) is 5.58 Å². The highest BCUT2D eigenvalue weighted by molar-refractivity contribution is 6.21. The van der Waals surface area contributed by atoms with Gasteiger partial charge in [-0.2, -0.15) is 5.26 Å². The molecule has 0 bridgehead atoms. The first kappa shape index (κ1) is 25.7. The van der Waals surface area contributed by atoms with Crippen LogP contribution in [0.4, 0.5) is 0 Å². The number of nitriles is 1. The molecule has 0 aliphatic heterocycles. The molecule has 0 amide bonds. The van der Waals surface area contributed by atoms with Crippen molar-refractivity contribution in [2.24, 2.45) is 0 Å². The molecule has 4 nitrogen and oxygen atoms in total. The zero-order valence-electron chi connectivity index (χ0n) is 25.2. The third-order valence-corrected chi connectivity index (χ3v) is 9.52. The molecule has 3 heterocycles. The van der Waals surface area contributed by atoms with Crippen molar-refractivity contribution in [3.05, 3.63) is 157 Å². The van der Waals surface area contributed by atoms with E-state index in [0.29, 0.717) is 5.56 Å². The van der Waals surface area contributed by atoms with E-state index in [1.807, 2.05) is 30.3 Å². The van der Waals surface area contributed by atoms with Crippen LogP contribution in [0.15, 0.2) is 156 Å². The van der Waals surface area contributed by atoms with Gasteiger partial charge in [0, 0.05) is 43.7 Å². The van der Waals surface area contributed by atoms with Crippen molar-refractivity contribution in [2.45, 2.75) is 0 Å². The Kier molecular flexibility index (Phi) is 5.32. The van der Waals surface area contributed by atoms with Crippen LogP contribution in [0.3, 0.4) is 0 Å². The standard InChI is InChI=1S/C43H25N3O/c44-26-27-23-29(28-17-19-30(20-18-28)45-38-13-5-1-9-32(38)33-10-2-6-14-39(33)45)25-31(24-27)46-40-15-7-3-11-34(40)36-21-22-37-35-12-4-8-16-41(35)47-43(37)42(36)46/h1-25H. The maximum Gasteiger partial charge on any atom is 0.160 e. The quantitative estimate of drug-likeness (QED) is 0.203. The molecule has 0 saturated heterocycles. The number of aromatic nitrogens is 2. The van der Waals surface area contributed by atoms with Crippen molar-refractivity contribution >= 4 is 65.6 Å². The van der Waals surface area contributed by atoms with Crippen LogP contribution in [-0.4, -0.2) is 9.13 Å². The minimum Gasteiger partial charge on any atom is -0.454 e. The van der Waals surface area contributed by atoms with Gasteiger partial charge in [0.2, 0.25) is 0 Å². The highest BCUT2D eigenvalue weighted by Crippen LogP contribution is 2.41. The summed E-state index contributed by atoms with van der Waals surface area (Å²) < 4.78 is 11.1. The summed E-state index contributed by atoms with van der Waals surface area (Å²) in [4.78, 5) is 0. The lowest BCUT2D eigenvalue weighted by molar-refractivity contribution is 0.671. The van der Waals surface area contributed by atoms with Gasteiger partial charge < -0.3 is 13.6 Å². The van der Waals surface area contributed by atoms with Gasteiger partial charge in [0.25, 0.3) is 0 Å². The topological polar surface area (TPSA) is 46.8 Å². The maximum atomic E-state index is 10.2. The summed E-state index contributed by atoms with van der Waals surface area (Å²) in [5, 5.41) is 17.1. The number of hydrogen-bond donors (Lipinski definition) is 0. The van der Waals surface area contributed by atoms with E-state index in [4.69, 9.17) is 4.42 Å². The molecule has 7 aromatic carbocycles. The van der Waals surface area contributed by atoms with Crippen LogP contribution in [0.25, 0.3) is 88.1 Å². The first-order valence-electron chi connectivity index (χ1n) is 15.7. The monoisotopic (exact) mass is 599 g/mol. The van der Waals surface area contributed by atoms with Gasteiger partial charge in [0.05, 0.1) is 33.7 Å². The van der Waals surface area contributed by atoms with Crippen molar-refractivity contribution in [1.82, 2.24) is 9.13 Å². The molecule has 0 radical (unpaired) electrons. The lowest BCUT2D eigenvalue weighted by atomic mass is 10.0. The second-order valence-corrected chi connectivity index (χ2v) is 12.1. The smallest absolute Gasteiger partial charge is 0.160 e. The number of benzene rings is 7. The molecule has 47 heavy (non-hydrogen) atoms. The molecule has 0 unspecified atom stereocenters. The fourth-order valence-electron chi connectivity index (χ4n) is 7.47. The zero-order chi connectivity index (χ0) is 31.1. The fraction of sp³-hybridized carbons (Fsp3) is 0. The highest BCUT2D eigenvalue weighted by atomic mass is 16.3. The Morgan fingerprint density at radius 3 is 1.70 bits per heavy atom. The lowest BCUT2D eigenvalue weighted by Gasteiger charge is -2.13. The van der Waals surface area contributed by atoms with E-state index in [2.05, 4.69) is 137 Å². The van der Waals surface area contributed by atoms with Crippen LogP contribution >= 0.6 is 0 Å². The van der Waals surface area contributed by atoms with Gasteiger partial charge in [-0.05, 0) is 71.8 Å².